The summed E-state index contributed by atoms with van der Waals surface area (Å²) in [6.45, 7) is 2.68. The summed E-state index contributed by atoms with van der Waals surface area (Å²) in [4.78, 5) is 2.19. The van der Waals surface area contributed by atoms with Crippen LogP contribution in [0.1, 0.15) is 28.6 Å². The minimum atomic E-state index is -0.159. The third kappa shape index (κ3) is 4.02. The van der Waals surface area contributed by atoms with Crippen LogP contribution in [0.3, 0.4) is 0 Å². The molecule has 29 heavy (non-hydrogen) atoms. The normalized spacial score (nSPS) is 12.2. The second kappa shape index (κ2) is 8.24. The zero-order chi connectivity index (χ0) is 20.2. The summed E-state index contributed by atoms with van der Waals surface area (Å²) >= 11 is 0. The fourth-order valence-corrected chi connectivity index (χ4v) is 3.61. The van der Waals surface area contributed by atoms with Gasteiger partial charge in [-0.1, -0.05) is 60.7 Å². The summed E-state index contributed by atoms with van der Waals surface area (Å²) in [5.74, 6) is 1.00. The van der Waals surface area contributed by atoms with E-state index in [0.717, 1.165) is 28.2 Å². The number of rotatable bonds is 6. The van der Waals surface area contributed by atoms with Gasteiger partial charge >= 0.3 is 0 Å². The van der Waals surface area contributed by atoms with Crippen molar-refractivity contribution in [3.8, 4) is 11.4 Å². The molecule has 1 atom stereocenters. The summed E-state index contributed by atoms with van der Waals surface area (Å²) in [5.41, 5.74) is 4.17. The van der Waals surface area contributed by atoms with E-state index >= 15 is 0 Å². The Bertz CT molecular complexity index is 1090. The Labute approximate surface area is 170 Å². The van der Waals surface area contributed by atoms with Crippen LogP contribution < -0.4 is 0 Å². The quantitative estimate of drug-likeness (QED) is 0.545. The molecule has 6 nitrogen and oxygen atoms in total. The van der Waals surface area contributed by atoms with Crippen molar-refractivity contribution in [2.24, 2.45) is 0 Å². The SMILES string of the molecule is Cc1ccccc1-n1nnnc1C(c1ccccc1)N(C)Cc1cccc(O)c1. The molecule has 0 fully saturated rings. The molecule has 0 saturated carbocycles. The Morgan fingerprint density at radius 1 is 0.966 bits per heavy atom. The van der Waals surface area contributed by atoms with E-state index in [1.807, 2.05) is 60.3 Å². The standard InChI is InChI=1S/C23H23N5O/c1-17-9-6-7-14-21(17)28-23(24-25-26-28)22(19-11-4-3-5-12-19)27(2)16-18-10-8-13-20(29)15-18/h3-15,22,29H,16H2,1-2H3. The number of tetrazole rings is 1. The summed E-state index contributed by atoms with van der Waals surface area (Å²) in [7, 11) is 2.04. The molecule has 0 aliphatic carbocycles. The van der Waals surface area contributed by atoms with Gasteiger partial charge in [0, 0.05) is 6.54 Å². The molecule has 3 aromatic carbocycles. The van der Waals surface area contributed by atoms with Gasteiger partial charge in [-0.25, -0.2) is 0 Å². The predicted molar refractivity (Wildman–Crippen MR) is 112 cm³/mol. The summed E-state index contributed by atoms with van der Waals surface area (Å²) in [6.07, 6.45) is 0. The number of hydrogen-bond acceptors (Lipinski definition) is 5. The maximum Gasteiger partial charge on any atom is 0.178 e. The van der Waals surface area contributed by atoms with Crippen LogP contribution in [-0.2, 0) is 6.54 Å². The Balaban J connectivity index is 1.77. The molecule has 1 unspecified atom stereocenters. The number of hydrogen-bond donors (Lipinski definition) is 1. The van der Waals surface area contributed by atoms with E-state index in [0.29, 0.717) is 6.54 Å². The van der Waals surface area contributed by atoms with E-state index in [-0.39, 0.29) is 11.8 Å². The first-order chi connectivity index (χ1) is 14.1. The molecule has 0 aliphatic rings. The van der Waals surface area contributed by atoms with Crippen molar-refractivity contribution >= 4 is 0 Å². The zero-order valence-electron chi connectivity index (χ0n) is 16.5. The summed E-state index contributed by atoms with van der Waals surface area (Å²) in [5, 5.41) is 22.5. The first kappa shape index (κ1) is 18.8. The summed E-state index contributed by atoms with van der Waals surface area (Å²) in [6, 6.07) is 25.4. The third-order valence-electron chi connectivity index (χ3n) is 4.98. The Morgan fingerprint density at radius 3 is 2.48 bits per heavy atom. The average molecular weight is 385 g/mol. The molecule has 0 radical (unpaired) electrons. The number of phenols is 1. The van der Waals surface area contributed by atoms with E-state index in [2.05, 4.69) is 45.5 Å². The van der Waals surface area contributed by atoms with Crippen LogP contribution in [0.5, 0.6) is 5.75 Å². The van der Waals surface area contributed by atoms with Gasteiger partial charge in [-0.3, -0.25) is 4.90 Å². The van der Waals surface area contributed by atoms with Crippen molar-refractivity contribution in [3.63, 3.8) is 0 Å². The van der Waals surface area contributed by atoms with Crippen LogP contribution in [0.15, 0.2) is 78.9 Å². The van der Waals surface area contributed by atoms with Gasteiger partial charge in [0.15, 0.2) is 5.82 Å². The van der Waals surface area contributed by atoms with Gasteiger partial charge in [-0.15, -0.1) is 5.10 Å². The molecular weight excluding hydrogens is 362 g/mol. The van der Waals surface area contributed by atoms with Crippen molar-refractivity contribution in [3.05, 3.63) is 101 Å². The first-order valence-electron chi connectivity index (χ1n) is 9.51. The maximum absolute atomic E-state index is 9.83. The molecule has 1 heterocycles. The number of aromatic nitrogens is 4. The molecule has 0 aliphatic heterocycles. The van der Waals surface area contributed by atoms with Crippen molar-refractivity contribution in [2.45, 2.75) is 19.5 Å². The highest BCUT2D eigenvalue weighted by atomic mass is 16.3. The third-order valence-corrected chi connectivity index (χ3v) is 4.98. The zero-order valence-corrected chi connectivity index (χ0v) is 16.5. The highest BCUT2D eigenvalue weighted by molar-refractivity contribution is 5.41. The molecule has 1 aromatic heterocycles. The molecule has 6 heteroatoms. The van der Waals surface area contributed by atoms with Crippen molar-refractivity contribution < 1.29 is 5.11 Å². The molecule has 0 saturated heterocycles. The van der Waals surface area contributed by atoms with Crippen LogP contribution in [-0.4, -0.2) is 37.3 Å². The van der Waals surface area contributed by atoms with Crippen LogP contribution in [0.2, 0.25) is 0 Å². The van der Waals surface area contributed by atoms with Crippen LogP contribution in [0.4, 0.5) is 0 Å². The summed E-state index contributed by atoms with van der Waals surface area (Å²) < 4.78 is 1.81. The van der Waals surface area contributed by atoms with Crippen LogP contribution in [0, 0.1) is 6.92 Å². The van der Waals surface area contributed by atoms with Crippen molar-refractivity contribution in [2.75, 3.05) is 7.05 Å². The highest BCUT2D eigenvalue weighted by Gasteiger charge is 2.26. The topological polar surface area (TPSA) is 67.1 Å². The van der Waals surface area contributed by atoms with Gasteiger partial charge in [0.25, 0.3) is 0 Å². The monoisotopic (exact) mass is 385 g/mol. The molecule has 0 amide bonds. The van der Waals surface area contributed by atoms with E-state index < -0.39 is 0 Å². The first-order valence-corrected chi connectivity index (χ1v) is 9.51. The second-order valence-corrected chi connectivity index (χ2v) is 7.13. The van der Waals surface area contributed by atoms with Crippen molar-refractivity contribution in [1.82, 2.24) is 25.1 Å². The molecule has 0 bridgehead atoms. The number of para-hydroxylation sites is 1. The lowest BCUT2D eigenvalue weighted by Crippen LogP contribution is -2.28. The fraction of sp³-hybridized carbons (Fsp3) is 0.174. The highest BCUT2D eigenvalue weighted by Crippen LogP contribution is 2.29. The van der Waals surface area contributed by atoms with E-state index in [9.17, 15) is 5.11 Å². The van der Waals surface area contributed by atoms with E-state index in [1.165, 1.54) is 0 Å². The van der Waals surface area contributed by atoms with Gasteiger partial charge in [0.2, 0.25) is 0 Å². The Hall–Kier alpha value is -3.51. The van der Waals surface area contributed by atoms with Gasteiger partial charge in [0.1, 0.15) is 5.75 Å². The lowest BCUT2D eigenvalue weighted by atomic mass is 10.0. The number of aryl methyl sites for hydroxylation is 1. The molecule has 4 rings (SSSR count). The largest absolute Gasteiger partial charge is 0.508 e. The minimum absolute atomic E-state index is 0.159. The van der Waals surface area contributed by atoms with Gasteiger partial charge in [0.05, 0.1) is 11.7 Å². The Morgan fingerprint density at radius 2 is 1.72 bits per heavy atom. The second-order valence-electron chi connectivity index (χ2n) is 7.13. The average Bonchev–Trinajstić information content (AvgIpc) is 3.18. The number of phenolic OH excluding ortho intramolecular Hbond substituents is 1. The van der Waals surface area contributed by atoms with Gasteiger partial charge in [-0.05, 0) is 59.3 Å². The molecule has 1 N–H and O–H groups in total. The number of benzene rings is 3. The fourth-order valence-electron chi connectivity index (χ4n) is 3.61. The number of nitrogens with zero attached hydrogens (tertiary/aromatic N) is 5. The molecular formula is C23H23N5O. The maximum atomic E-state index is 9.83. The van der Waals surface area contributed by atoms with Gasteiger partial charge in [-0.2, -0.15) is 4.68 Å². The van der Waals surface area contributed by atoms with E-state index in [4.69, 9.17) is 0 Å². The molecule has 0 spiro atoms. The Kier molecular flexibility index (Phi) is 5.35. The van der Waals surface area contributed by atoms with E-state index in [1.54, 1.807) is 12.1 Å². The lowest BCUT2D eigenvalue weighted by molar-refractivity contribution is 0.258. The molecule has 146 valence electrons. The number of aromatic hydroxyl groups is 1. The molecule has 4 aromatic rings. The minimum Gasteiger partial charge on any atom is -0.508 e. The smallest absolute Gasteiger partial charge is 0.178 e. The van der Waals surface area contributed by atoms with Crippen molar-refractivity contribution in [1.29, 1.82) is 0 Å². The van der Waals surface area contributed by atoms with Crippen LogP contribution >= 0.6 is 0 Å². The lowest BCUT2D eigenvalue weighted by Gasteiger charge is -2.28. The van der Waals surface area contributed by atoms with Crippen LogP contribution in [0.25, 0.3) is 5.69 Å². The van der Waals surface area contributed by atoms with Gasteiger partial charge < -0.3 is 5.11 Å². The predicted octanol–water partition coefficient (Wildman–Crippen LogP) is 3.90.